The van der Waals surface area contributed by atoms with Crippen LogP contribution in [-0.4, -0.2) is 31.4 Å². The van der Waals surface area contributed by atoms with Gasteiger partial charge in [-0.1, -0.05) is 48.2 Å². The molecule has 1 aromatic carbocycles. The standard InChI is InChI=1S/C22H21N5OS2/c1-16(19-10-6-12-29-19)24-20(28)15-30-22-26-25-21(18-9-5-11-23-13-18)27(22)14-17-7-3-2-4-8-17/h2-13,16H,14-15H2,1H3,(H,24,28)/t16-/m0/s1. The lowest BCUT2D eigenvalue weighted by Gasteiger charge is -2.13. The first-order valence-electron chi connectivity index (χ1n) is 9.54. The molecule has 0 saturated heterocycles. The summed E-state index contributed by atoms with van der Waals surface area (Å²) < 4.78 is 2.03. The van der Waals surface area contributed by atoms with Crippen LogP contribution in [0.2, 0.25) is 0 Å². The van der Waals surface area contributed by atoms with Gasteiger partial charge in [0.25, 0.3) is 0 Å². The molecule has 0 saturated carbocycles. The van der Waals surface area contributed by atoms with E-state index in [9.17, 15) is 4.79 Å². The minimum absolute atomic E-state index is 0.00811. The molecule has 0 spiro atoms. The molecule has 3 aromatic heterocycles. The second-order valence-electron chi connectivity index (χ2n) is 6.71. The van der Waals surface area contributed by atoms with Crippen molar-refractivity contribution in [2.75, 3.05) is 5.75 Å². The number of thiophene rings is 1. The fraction of sp³-hybridized carbons (Fsp3) is 0.182. The number of carbonyl (C=O) groups excluding carboxylic acids is 1. The molecule has 0 unspecified atom stereocenters. The number of nitrogens with zero attached hydrogens (tertiary/aromatic N) is 4. The average Bonchev–Trinajstić information content (AvgIpc) is 3.44. The Labute approximate surface area is 183 Å². The lowest BCUT2D eigenvalue weighted by Crippen LogP contribution is -2.27. The molecule has 8 heteroatoms. The van der Waals surface area contributed by atoms with Crippen LogP contribution in [0.15, 0.2) is 77.5 Å². The molecule has 30 heavy (non-hydrogen) atoms. The van der Waals surface area contributed by atoms with Gasteiger partial charge in [0.1, 0.15) is 0 Å². The van der Waals surface area contributed by atoms with Crippen LogP contribution in [0, 0.1) is 0 Å². The molecule has 4 rings (SSSR count). The van der Waals surface area contributed by atoms with E-state index >= 15 is 0 Å². The predicted octanol–water partition coefficient (Wildman–Crippen LogP) is 4.42. The summed E-state index contributed by atoms with van der Waals surface area (Å²) in [5.41, 5.74) is 2.03. The smallest absolute Gasteiger partial charge is 0.230 e. The highest BCUT2D eigenvalue weighted by atomic mass is 32.2. The molecule has 6 nitrogen and oxygen atoms in total. The Kier molecular flexibility index (Phi) is 6.56. The molecular formula is C22H21N5OS2. The zero-order chi connectivity index (χ0) is 20.8. The number of rotatable bonds is 8. The van der Waals surface area contributed by atoms with Gasteiger partial charge in [0.15, 0.2) is 11.0 Å². The van der Waals surface area contributed by atoms with Gasteiger partial charge in [-0.15, -0.1) is 21.5 Å². The van der Waals surface area contributed by atoms with E-state index in [0.29, 0.717) is 11.7 Å². The van der Waals surface area contributed by atoms with E-state index in [-0.39, 0.29) is 17.7 Å². The minimum atomic E-state index is -0.0295. The van der Waals surface area contributed by atoms with Crippen molar-refractivity contribution in [2.24, 2.45) is 0 Å². The number of aromatic nitrogens is 4. The minimum Gasteiger partial charge on any atom is -0.348 e. The third-order valence-electron chi connectivity index (χ3n) is 4.50. The third kappa shape index (κ3) is 4.95. The molecule has 1 N–H and O–H groups in total. The molecule has 4 aromatic rings. The van der Waals surface area contributed by atoms with E-state index in [1.807, 2.05) is 59.3 Å². The predicted molar refractivity (Wildman–Crippen MR) is 120 cm³/mol. The molecule has 0 aliphatic carbocycles. The molecule has 1 amide bonds. The van der Waals surface area contributed by atoms with Crippen molar-refractivity contribution in [1.82, 2.24) is 25.1 Å². The summed E-state index contributed by atoms with van der Waals surface area (Å²) in [5.74, 6) is 0.982. The van der Waals surface area contributed by atoms with Gasteiger partial charge in [-0.05, 0) is 36.1 Å². The van der Waals surface area contributed by atoms with E-state index in [1.165, 1.54) is 11.8 Å². The average molecular weight is 436 g/mol. The number of pyridine rings is 1. The van der Waals surface area contributed by atoms with Crippen LogP contribution >= 0.6 is 23.1 Å². The van der Waals surface area contributed by atoms with Crippen LogP contribution in [0.5, 0.6) is 0 Å². The molecule has 1 atom stereocenters. The number of hydrogen-bond donors (Lipinski definition) is 1. The Balaban J connectivity index is 1.51. The van der Waals surface area contributed by atoms with Crippen LogP contribution < -0.4 is 5.32 Å². The Morgan fingerprint density at radius 2 is 2.00 bits per heavy atom. The largest absolute Gasteiger partial charge is 0.348 e. The van der Waals surface area contributed by atoms with Gasteiger partial charge < -0.3 is 5.32 Å². The maximum atomic E-state index is 12.5. The number of thioether (sulfide) groups is 1. The summed E-state index contributed by atoms with van der Waals surface area (Å²) >= 11 is 3.03. The normalized spacial score (nSPS) is 11.9. The molecule has 0 fully saturated rings. The molecule has 0 aliphatic heterocycles. The molecule has 0 radical (unpaired) electrons. The number of nitrogens with one attached hydrogen (secondary N) is 1. The summed E-state index contributed by atoms with van der Waals surface area (Å²) in [7, 11) is 0. The highest BCUT2D eigenvalue weighted by Gasteiger charge is 2.17. The molecule has 0 aliphatic rings. The number of benzene rings is 1. The van der Waals surface area contributed by atoms with E-state index in [2.05, 4.69) is 32.6 Å². The van der Waals surface area contributed by atoms with E-state index in [4.69, 9.17) is 0 Å². The summed E-state index contributed by atoms with van der Waals surface area (Å²) in [5, 5.41) is 14.5. The van der Waals surface area contributed by atoms with Gasteiger partial charge in [0, 0.05) is 22.8 Å². The number of carbonyl (C=O) groups is 1. The van der Waals surface area contributed by atoms with E-state index in [1.54, 1.807) is 23.7 Å². The van der Waals surface area contributed by atoms with Gasteiger partial charge in [-0.25, -0.2) is 0 Å². The second-order valence-corrected chi connectivity index (χ2v) is 8.63. The van der Waals surface area contributed by atoms with Crippen LogP contribution in [0.4, 0.5) is 0 Å². The van der Waals surface area contributed by atoms with Gasteiger partial charge in [0.05, 0.1) is 18.3 Å². The van der Waals surface area contributed by atoms with Gasteiger partial charge in [-0.2, -0.15) is 0 Å². The van der Waals surface area contributed by atoms with Crippen LogP contribution in [0.3, 0.4) is 0 Å². The van der Waals surface area contributed by atoms with Gasteiger partial charge >= 0.3 is 0 Å². The zero-order valence-electron chi connectivity index (χ0n) is 16.4. The highest BCUT2D eigenvalue weighted by Crippen LogP contribution is 2.25. The van der Waals surface area contributed by atoms with Crippen LogP contribution in [0.1, 0.15) is 23.4 Å². The summed E-state index contributed by atoms with van der Waals surface area (Å²) in [6.45, 7) is 2.61. The Morgan fingerprint density at radius 3 is 2.73 bits per heavy atom. The van der Waals surface area contributed by atoms with E-state index < -0.39 is 0 Å². The van der Waals surface area contributed by atoms with Crippen molar-refractivity contribution in [2.45, 2.75) is 24.7 Å². The van der Waals surface area contributed by atoms with E-state index in [0.717, 1.165) is 21.8 Å². The van der Waals surface area contributed by atoms with Crippen molar-refractivity contribution < 1.29 is 4.79 Å². The fourth-order valence-corrected chi connectivity index (χ4v) is 4.52. The van der Waals surface area contributed by atoms with Crippen molar-refractivity contribution in [3.05, 3.63) is 82.8 Å². The lowest BCUT2D eigenvalue weighted by atomic mass is 10.2. The molecule has 3 heterocycles. The van der Waals surface area contributed by atoms with Crippen molar-refractivity contribution in [3.8, 4) is 11.4 Å². The molecular weight excluding hydrogens is 414 g/mol. The van der Waals surface area contributed by atoms with Gasteiger partial charge in [0.2, 0.25) is 5.91 Å². The first-order valence-corrected chi connectivity index (χ1v) is 11.4. The topological polar surface area (TPSA) is 72.7 Å². The monoisotopic (exact) mass is 435 g/mol. The maximum absolute atomic E-state index is 12.5. The zero-order valence-corrected chi connectivity index (χ0v) is 18.1. The second kappa shape index (κ2) is 9.69. The van der Waals surface area contributed by atoms with Crippen molar-refractivity contribution in [1.29, 1.82) is 0 Å². The maximum Gasteiger partial charge on any atom is 0.230 e. The Hall–Kier alpha value is -2.97. The molecule has 152 valence electrons. The van der Waals surface area contributed by atoms with Gasteiger partial charge in [-0.3, -0.25) is 14.3 Å². The Morgan fingerprint density at radius 1 is 1.13 bits per heavy atom. The highest BCUT2D eigenvalue weighted by molar-refractivity contribution is 7.99. The summed E-state index contributed by atoms with van der Waals surface area (Å²) in [6.07, 6.45) is 3.51. The first kappa shape index (κ1) is 20.3. The van der Waals surface area contributed by atoms with Crippen LogP contribution in [-0.2, 0) is 11.3 Å². The SMILES string of the molecule is C[C@H](NC(=O)CSc1nnc(-c2cccnc2)n1Cc1ccccc1)c1cccs1. The summed E-state index contributed by atoms with van der Waals surface area (Å²) in [4.78, 5) is 17.8. The van der Waals surface area contributed by atoms with Crippen molar-refractivity contribution in [3.63, 3.8) is 0 Å². The van der Waals surface area contributed by atoms with Crippen LogP contribution in [0.25, 0.3) is 11.4 Å². The third-order valence-corrected chi connectivity index (χ3v) is 6.52. The summed E-state index contributed by atoms with van der Waals surface area (Å²) in [6, 6.07) is 18.0. The Bertz CT molecular complexity index is 1080. The fourth-order valence-electron chi connectivity index (χ4n) is 3.03. The first-order chi connectivity index (χ1) is 14.7. The number of amides is 1. The van der Waals surface area contributed by atoms with Crippen molar-refractivity contribution >= 4 is 29.0 Å². The quantitative estimate of drug-likeness (QED) is 0.415. The lowest BCUT2D eigenvalue weighted by molar-refractivity contribution is -0.119. The molecule has 0 bridgehead atoms. The number of hydrogen-bond acceptors (Lipinski definition) is 6.